The van der Waals surface area contributed by atoms with Gasteiger partial charge in [-0.3, -0.25) is 4.79 Å². The molecule has 0 atom stereocenters. The summed E-state index contributed by atoms with van der Waals surface area (Å²) in [6.45, 7) is 2.52. The third kappa shape index (κ3) is 5.52. The lowest BCUT2D eigenvalue weighted by Gasteiger charge is -2.10. The first-order chi connectivity index (χ1) is 21.0. The first kappa shape index (κ1) is 27.0. The van der Waals surface area contributed by atoms with Gasteiger partial charge in [0, 0.05) is 27.4 Å². The van der Waals surface area contributed by atoms with Crippen LogP contribution in [0, 0.1) is 6.92 Å². The summed E-state index contributed by atoms with van der Waals surface area (Å²) in [6, 6.07) is 33.8. The van der Waals surface area contributed by atoms with E-state index in [0.717, 1.165) is 49.4 Å². The molecule has 3 aromatic heterocycles. The quantitative estimate of drug-likeness (QED) is 0.189. The fraction of sp³-hybridized carbons (Fsp3) is 0.0588. The normalized spacial score (nSPS) is 11.8. The molecule has 210 valence electrons. The molecular weight excluding hydrogens is 622 g/mol. The van der Waals surface area contributed by atoms with Gasteiger partial charge in [-0.1, -0.05) is 87.9 Å². The van der Waals surface area contributed by atoms with Crippen molar-refractivity contribution < 1.29 is 4.74 Å². The topological polar surface area (TPSA) is 74.3 Å². The van der Waals surface area contributed by atoms with Crippen LogP contribution in [0.2, 0.25) is 0 Å². The van der Waals surface area contributed by atoms with Gasteiger partial charge in [0.25, 0.3) is 5.56 Å². The molecule has 43 heavy (non-hydrogen) atoms. The van der Waals surface area contributed by atoms with Gasteiger partial charge in [0.1, 0.15) is 18.1 Å². The highest BCUT2D eigenvalue weighted by Crippen LogP contribution is 2.29. The Bertz CT molecular complexity index is 2170. The van der Waals surface area contributed by atoms with Crippen LogP contribution >= 0.6 is 27.3 Å². The van der Waals surface area contributed by atoms with Crippen molar-refractivity contribution in [1.29, 1.82) is 0 Å². The highest BCUT2D eigenvalue weighted by atomic mass is 79.9. The van der Waals surface area contributed by atoms with E-state index in [1.54, 1.807) is 0 Å². The SMILES string of the molecule is Cc1cc(-c2nn(-c3ccccc3)cc2/C=c2\sc3nc(-c4ccc(Br)cc4)nn3c2=O)ccc1OCc1ccccc1. The highest BCUT2D eigenvalue weighted by Gasteiger charge is 2.16. The van der Waals surface area contributed by atoms with E-state index in [1.807, 2.05) is 121 Å². The molecule has 0 radical (unpaired) electrons. The van der Waals surface area contributed by atoms with Crippen molar-refractivity contribution in [3.05, 3.63) is 145 Å². The number of hydrogen-bond acceptors (Lipinski definition) is 6. The molecule has 7 rings (SSSR count). The van der Waals surface area contributed by atoms with Gasteiger partial charge in [0.2, 0.25) is 4.96 Å². The van der Waals surface area contributed by atoms with E-state index >= 15 is 0 Å². The zero-order chi connectivity index (χ0) is 29.3. The summed E-state index contributed by atoms with van der Waals surface area (Å²) < 4.78 is 10.8. The van der Waals surface area contributed by atoms with Crippen LogP contribution in [0.4, 0.5) is 0 Å². The Hall–Kier alpha value is -4.86. The molecule has 0 N–H and O–H groups in total. The summed E-state index contributed by atoms with van der Waals surface area (Å²) in [5.74, 6) is 1.33. The average molecular weight is 647 g/mol. The molecule has 9 heteroatoms. The second-order valence-electron chi connectivity index (χ2n) is 10.0. The molecule has 0 spiro atoms. The molecular formula is C34H24BrN5O2S. The van der Waals surface area contributed by atoms with E-state index < -0.39 is 0 Å². The Balaban J connectivity index is 1.27. The standard InChI is InChI=1S/C34H24BrN5O2S/c1-22-18-25(14-17-29(22)42-21-23-8-4-2-5-9-23)31-26(20-39(37-31)28-10-6-3-7-11-28)19-30-33(41)40-34(43-30)36-32(38-40)24-12-15-27(35)16-13-24/h2-20H,21H2,1H3/b30-19-. The molecule has 0 amide bonds. The molecule has 0 bridgehead atoms. The smallest absolute Gasteiger partial charge is 0.291 e. The van der Waals surface area contributed by atoms with Crippen molar-refractivity contribution >= 4 is 38.3 Å². The Morgan fingerprint density at radius 1 is 0.884 bits per heavy atom. The summed E-state index contributed by atoms with van der Waals surface area (Å²) in [6.07, 6.45) is 3.82. The number of aromatic nitrogens is 5. The second kappa shape index (κ2) is 11.4. The maximum Gasteiger partial charge on any atom is 0.291 e. The number of benzene rings is 4. The molecule has 3 heterocycles. The van der Waals surface area contributed by atoms with E-state index in [0.29, 0.717) is 21.9 Å². The van der Waals surface area contributed by atoms with Gasteiger partial charge >= 0.3 is 0 Å². The minimum absolute atomic E-state index is 0.213. The molecule has 7 nitrogen and oxygen atoms in total. The largest absolute Gasteiger partial charge is 0.489 e. The van der Waals surface area contributed by atoms with Gasteiger partial charge in [-0.25, -0.2) is 4.68 Å². The third-order valence-electron chi connectivity index (χ3n) is 7.02. The van der Waals surface area contributed by atoms with Crippen molar-refractivity contribution in [1.82, 2.24) is 24.4 Å². The molecule has 0 aliphatic heterocycles. The lowest BCUT2D eigenvalue weighted by Crippen LogP contribution is -2.23. The summed E-state index contributed by atoms with van der Waals surface area (Å²) in [4.78, 5) is 18.6. The lowest BCUT2D eigenvalue weighted by atomic mass is 10.0. The Morgan fingerprint density at radius 2 is 1.60 bits per heavy atom. The van der Waals surface area contributed by atoms with E-state index in [4.69, 9.17) is 9.84 Å². The summed E-state index contributed by atoms with van der Waals surface area (Å²) in [5.41, 5.74) is 6.17. The zero-order valence-corrected chi connectivity index (χ0v) is 25.4. The molecule has 0 saturated heterocycles. The van der Waals surface area contributed by atoms with Gasteiger partial charge in [0.05, 0.1) is 10.2 Å². The van der Waals surface area contributed by atoms with Crippen LogP contribution < -0.4 is 14.8 Å². The number of nitrogens with zero attached hydrogens (tertiary/aromatic N) is 5. The fourth-order valence-electron chi connectivity index (χ4n) is 4.82. The predicted octanol–water partition coefficient (Wildman–Crippen LogP) is 6.87. The Morgan fingerprint density at radius 3 is 2.33 bits per heavy atom. The van der Waals surface area contributed by atoms with E-state index in [-0.39, 0.29) is 5.56 Å². The Labute approximate surface area is 259 Å². The summed E-state index contributed by atoms with van der Waals surface area (Å²) >= 11 is 4.76. The first-order valence-corrected chi connectivity index (χ1v) is 15.2. The number of rotatable bonds is 7. The molecule has 0 aliphatic rings. The van der Waals surface area contributed by atoms with Gasteiger partial charge in [-0.05, 0) is 66.6 Å². The summed E-state index contributed by atoms with van der Waals surface area (Å²) in [7, 11) is 0. The second-order valence-corrected chi connectivity index (χ2v) is 11.9. The van der Waals surface area contributed by atoms with Crippen LogP contribution in [0.25, 0.3) is 39.4 Å². The van der Waals surface area contributed by atoms with Crippen LogP contribution in [-0.4, -0.2) is 24.4 Å². The molecule has 4 aromatic carbocycles. The van der Waals surface area contributed by atoms with Crippen molar-refractivity contribution in [2.24, 2.45) is 0 Å². The number of para-hydroxylation sites is 1. The number of thiazole rings is 1. The highest BCUT2D eigenvalue weighted by molar-refractivity contribution is 9.10. The van der Waals surface area contributed by atoms with Crippen LogP contribution in [0.3, 0.4) is 0 Å². The van der Waals surface area contributed by atoms with Crippen molar-refractivity contribution in [3.63, 3.8) is 0 Å². The summed E-state index contributed by atoms with van der Waals surface area (Å²) in [5, 5.41) is 9.45. The molecule has 0 saturated carbocycles. The maximum absolute atomic E-state index is 13.4. The van der Waals surface area contributed by atoms with Crippen LogP contribution in [0.5, 0.6) is 5.75 Å². The zero-order valence-electron chi connectivity index (χ0n) is 23.0. The van der Waals surface area contributed by atoms with Gasteiger partial charge < -0.3 is 4.74 Å². The van der Waals surface area contributed by atoms with Gasteiger partial charge in [-0.2, -0.15) is 14.6 Å². The van der Waals surface area contributed by atoms with Gasteiger partial charge in [0.15, 0.2) is 5.82 Å². The molecule has 7 aromatic rings. The number of fused-ring (bicyclic) bond motifs is 1. The van der Waals surface area contributed by atoms with E-state index in [1.165, 1.54) is 15.9 Å². The molecule has 0 unspecified atom stereocenters. The minimum atomic E-state index is -0.213. The predicted molar refractivity (Wildman–Crippen MR) is 174 cm³/mol. The fourth-order valence-corrected chi connectivity index (χ4v) is 5.98. The van der Waals surface area contributed by atoms with Crippen molar-refractivity contribution in [2.75, 3.05) is 0 Å². The number of hydrogen-bond donors (Lipinski definition) is 0. The van der Waals surface area contributed by atoms with Crippen LogP contribution in [-0.2, 0) is 6.61 Å². The first-order valence-electron chi connectivity index (χ1n) is 13.6. The number of ether oxygens (including phenoxy) is 1. The van der Waals surface area contributed by atoms with Crippen LogP contribution in [0.15, 0.2) is 119 Å². The van der Waals surface area contributed by atoms with E-state index in [9.17, 15) is 4.79 Å². The Kier molecular flexibility index (Phi) is 7.18. The van der Waals surface area contributed by atoms with E-state index in [2.05, 4.69) is 32.1 Å². The molecule has 0 aliphatic carbocycles. The average Bonchev–Trinajstić information content (AvgIpc) is 3.73. The minimum Gasteiger partial charge on any atom is -0.489 e. The lowest BCUT2D eigenvalue weighted by molar-refractivity contribution is 0.304. The van der Waals surface area contributed by atoms with Crippen LogP contribution in [0.1, 0.15) is 16.7 Å². The van der Waals surface area contributed by atoms with Gasteiger partial charge in [-0.15, -0.1) is 5.10 Å². The van der Waals surface area contributed by atoms with Crippen molar-refractivity contribution in [3.8, 4) is 34.1 Å². The number of halogens is 1. The van der Waals surface area contributed by atoms with Crippen molar-refractivity contribution in [2.45, 2.75) is 13.5 Å². The monoisotopic (exact) mass is 645 g/mol. The maximum atomic E-state index is 13.4. The third-order valence-corrected chi connectivity index (χ3v) is 8.51. The number of aryl methyl sites for hydroxylation is 1. The molecule has 0 fully saturated rings.